The van der Waals surface area contributed by atoms with E-state index >= 15 is 4.39 Å². The van der Waals surface area contributed by atoms with Gasteiger partial charge in [-0.3, -0.25) is 9.59 Å². The molecule has 4 rings (SSSR count). The normalized spacial score (nSPS) is 21.0. The summed E-state index contributed by atoms with van der Waals surface area (Å²) in [6.45, 7) is 8.89. The largest absolute Gasteiger partial charge is 0.313 e. The Balaban J connectivity index is 1.91. The second kappa shape index (κ2) is 10.9. The van der Waals surface area contributed by atoms with Crippen molar-refractivity contribution in [2.24, 2.45) is 0 Å². The average molecular weight is 496 g/mol. The minimum Gasteiger partial charge on any atom is -0.313 e. The first-order valence-corrected chi connectivity index (χ1v) is 12.2. The molecule has 0 radical (unpaired) electrons. The molecular formula is C27H31F2N5O2. The van der Waals surface area contributed by atoms with Gasteiger partial charge in [-0.2, -0.15) is 5.26 Å². The lowest BCUT2D eigenvalue weighted by Crippen LogP contribution is -2.53. The smallest absolute Gasteiger partial charge is 0.181 e. The molecule has 2 heterocycles. The third-order valence-corrected chi connectivity index (χ3v) is 7.31. The predicted molar refractivity (Wildman–Crippen MR) is 132 cm³/mol. The van der Waals surface area contributed by atoms with Crippen molar-refractivity contribution in [1.82, 2.24) is 21.3 Å². The van der Waals surface area contributed by atoms with E-state index in [9.17, 15) is 19.2 Å². The Kier molecular flexibility index (Phi) is 7.91. The number of carbonyl (C=O) groups excluding carboxylic acids is 2. The number of ketones is 2. The monoisotopic (exact) mass is 495 g/mol. The van der Waals surface area contributed by atoms with Gasteiger partial charge in [0.2, 0.25) is 0 Å². The Morgan fingerprint density at radius 1 is 0.972 bits per heavy atom. The molecule has 0 amide bonds. The van der Waals surface area contributed by atoms with Gasteiger partial charge in [0.1, 0.15) is 0 Å². The molecule has 2 aromatic rings. The number of piperazine rings is 2. The van der Waals surface area contributed by atoms with Crippen LogP contribution in [0.2, 0.25) is 0 Å². The Bertz CT molecular complexity index is 1230. The fraction of sp³-hybridized carbons (Fsp3) is 0.444. The quantitative estimate of drug-likeness (QED) is 0.455. The van der Waals surface area contributed by atoms with Gasteiger partial charge in [-0.1, -0.05) is 6.92 Å². The molecule has 4 N–H and O–H groups in total. The van der Waals surface area contributed by atoms with Crippen LogP contribution in [-0.2, 0) is 0 Å². The number of rotatable bonds is 6. The van der Waals surface area contributed by atoms with E-state index in [1.807, 2.05) is 6.07 Å². The second-order valence-electron chi connectivity index (χ2n) is 9.44. The molecule has 2 saturated heterocycles. The highest BCUT2D eigenvalue weighted by Gasteiger charge is 2.33. The van der Waals surface area contributed by atoms with Crippen molar-refractivity contribution < 1.29 is 18.4 Å². The van der Waals surface area contributed by atoms with Crippen molar-refractivity contribution in [2.75, 3.05) is 39.3 Å². The van der Waals surface area contributed by atoms with Crippen molar-refractivity contribution in [2.45, 2.75) is 38.8 Å². The van der Waals surface area contributed by atoms with E-state index in [0.29, 0.717) is 54.0 Å². The fourth-order valence-corrected chi connectivity index (χ4v) is 5.15. The molecule has 3 atom stereocenters. The molecule has 0 aliphatic carbocycles. The SMILES string of the molecule is Cc1c(C(=O)C2CNCCN2)cc(C(C)c2c(C#N)ccc(F)c2F)c(C(=O)C2CNCCN2)c1C. The van der Waals surface area contributed by atoms with Crippen LogP contribution in [0.25, 0.3) is 0 Å². The number of nitrogens with one attached hydrogen (secondary N) is 4. The standard InChI is InChI=1S/C27H31F2N5O2/c1-14-15(2)24(27(36)22-13-32-7-9-34-22)18(10-19(14)26(35)21-12-31-6-8-33-21)16(3)23-17(11-30)4-5-20(28)25(23)29/h4-5,10,16,21-22,31-34H,6-9,12-13H2,1-3H3. The van der Waals surface area contributed by atoms with Crippen LogP contribution in [0, 0.1) is 36.8 Å². The Hall–Kier alpha value is -3.03. The van der Waals surface area contributed by atoms with Gasteiger partial charge in [0.15, 0.2) is 23.2 Å². The summed E-state index contributed by atoms with van der Waals surface area (Å²) in [5, 5.41) is 22.5. The van der Waals surface area contributed by atoms with Crippen LogP contribution in [-0.4, -0.2) is 62.9 Å². The molecule has 36 heavy (non-hydrogen) atoms. The summed E-state index contributed by atoms with van der Waals surface area (Å²) in [7, 11) is 0. The van der Waals surface area contributed by atoms with Crippen molar-refractivity contribution in [3.05, 3.63) is 68.8 Å². The number of hydrogen-bond donors (Lipinski definition) is 4. The van der Waals surface area contributed by atoms with Crippen LogP contribution in [0.1, 0.15) is 61.4 Å². The number of nitriles is 1. The zero-order valence-electron chi connectivity index (χ0n) is 20.7. The average Bonchev–Trinajstić information content (AvgIpc) is 2.91. The van der Waals surface area contributed by atoms with E-state index in [2.05, 4.69) is 21.3 Å². The maximum Gasteiger partial charge on any atom is 0.181 e. The van der Waals surface area contributed by atoms with E-state index in [1.165, 1.54) is 6.07 Å². The van der Waals surface area contributed by atoms with Crippen LogP contribution in [0.3, 0.4) is 0 Å². The first-order chi connectivity index (χ1) is 17.3. The predicted octanol–water partition coefficient (Wildman–Crippen LogP) is 2.09. The van der Waals surface area contributed by atoms with Crippen LogP contribution in [0.5, 0.6) is 0 Å². The summed E-state index contributed by atoms with van der Waals surface area (Å²) >= 11 is 0. The summed E-state index contributed by atoms with van der Waals surface area (Å²) < 4.78 is 29.4. The number of carbonyl (C=O) groups is 2. The summed E-state index contributed by atoms with van der Waals surface area (Å²) in [5.41, 5.74) is 2.37. The van der Waals surface area contributed by atoms with Crippen LogP contribution in [0.15, 0.2) is 18.2 Å². The third-order valence-electron chi connectivity index (χ3n) is 7.31. The molecule has 0 aromatic heterocycles. The number of nitrogens with zero attached hydrogens (tertiary/aromatic N) is 1. The molecular weight excluding hydrogens is 464 g/mol. The van der Waals surface area contributed by atoms with Gasteiger partial charge in [-0.25, -0.2) is 8.78 Å². The molecule has 3 unspecified atom stereocenters. The summed E-state index contributed by atoms with van der Waals surface area (Å²) in [6.07, 6.45) is 0. The Labute approximate surface area is 209 Å². The first kappa shape index (κ1) is 26.0. The molecule has 2 aliphatic rings. The summed E-state index contributed by atoms with van der Waals surface area (Å²) in [5.74, 6) is -3.36. The molecule has 2 fully saturated rings. The van der Waals surface area contributed by atoms with E-state index in [-0.39, 0.29) is 22.7 Å². The van der Waals surface area contributed by atoms with Gasteiger partial charge < -0.3 is 21.3 Å². The molecule has 9 heteroatoms. The van der Waals surface area contributed by atoms with Gasteiger partial charge in [-0.15, -0.1) is 0 Å². The molecule has 0 saturated carbocycles. The van der Waals surface area contributed by atoms with Crippen LogP contribution in [0.4, 0.5) is 8.78 Å². The van der Waals surface area contributed by atoms with Gasteiger partial charge >= 0.3 is 0 Å². The molecule has 7 nitrogen and oxygen atoms in total. The maximum atomic E-state index is 15.1. The van der Waals surface area contributed by atoms with Crippen molar-refractivity contribution in [1.29, 1.82) is 5.26 Å². The molecule has 2 aliphatic heterocycles. The minimum atomic E-state index is -1.12. The van der Waals surface area contributed by atoms with Crippen LogP contribution < -0.4 is 21.3 Å². The van der Waals surface area contributed by atoms with Gasteiger partial charge in [-0.05, 0) is 48.7 Å². The summed E-state index contributed by atoms with van der Waals surface area (Å²) in [6, 6.07) is 4.81. The highest BCUT2D eigenvalue weighted by atomic mass is 19.2. The third kappa shape index (κ3) is 4.82. The zero-order chi connectivity index (χ0) is 26.0. The first-order valence-electron chi connectivity index (χ1n) is 12.2. The van der Waals surface area contributed by atoms with Crippen molar-refractivity contribution in [3.63, 3.8) is 0 Å². The lowest BCUT2D eigenvalue weighted by Gasteiger charge is -2.29. The lowest BCUT2D eigenvalue weighted by atomic mass is 9.79. The van der Waals surface area contributed by atoms with Gasteiger partial charge in [0, 0.05) is 61.9 Å². The zero-order valence-corrected chi connectivity index (χ0v) is 20.7. The molecule has 0 spiro atoms. The maximum absolute atomic E-state index is 15.1. The number of Topliss-reactive ketones (excluding diaryl/α,β-unsaturated/α-hetero) is 2. The van der Waals surface area contributed by atoms with Crippen LogP contribution >= 0.6 is 0 Å². The van der Waals surface area contributed by atoms with E-state index in [4.69, 9.17) is 0 Å². The number of benzene rings is 2. The lowest BCUT2D eigenvalue weighted by molar-refractivity contribution is 0.0921. The second-order valence-corrected chi connectivity index (χ2v) is 9.44. The molecule has 0 bridgehead atoms. The van der Waals surface area contributed by atoms with Gasteiger partial charge in [0.25, 0.3) is 0 Å². The summed E-state index contributed by atoms with van der Waals surface area (Å²) in [4.78, 5) is 27.3. The number of hydrogen-bond acceptors (Lipinski definition) is 7. The Morgan fingerprint density at radius 3 is 2.14 bits per heavy atom. The Morgan fingerprint density at radius 2 is 1.58 bits per heavy atom. The molecule has 190 valence electrons. The highest BCUT2D eigenvalue weighted by molar-refractivity contribution is 6.07. The van der Waals surface area contributed by atoms with E-state index < -0.39 is 29.6 Å². The van der Waals surface area contributed by atoms with Crippen molar-refractivity contribution >= 4 is 11.6 Å². The van der Waals surface area contributed by atoms with E-state index in [1.54, 1.807) is 26.8 Å². The van der Waals surface area contributed by atoms with Gasteiger partial charge in [0.05, 0.1) is 23.7 Å². The minimum absolute atomic E-state index is 0.0125. The van der Waals surface area contributed by atoms with Crippen molar-refractivity contribution in [3.8, 4) is 6.07 Å². The molecule has 2 aromatic carbocycles. The highest BCUT2D eigenvalue weighted by Crippen LogP contribution is 2.36. The van der Waals surface area contributed by atoms with E-state index in [0.717, 1.165) is 19.2 Å². The topological polar surface area (TPSA) is 106 Å². The number of halogens is 2. The fourth-order valence-electron chi connectivity index (χ4n) is 5.15.